The van der Waals surface area contributed by atoms with E-state index in [1.54, 1.807) is 0 Å². The van der Waals surface area contributed by atoms with Crippen LogP contribution < -0.4 is 0 Å². The Bertz CT molecular complexity index is 230. The van der Waals surface area contributed by atoms with Crippen LogP contribution in [0.15, 0.2) is 12.2 Å². The summed E-state index contributed by atoms with van der Waals surface area (Å²) in [5.74, 6) is 2.95. The van der Waals surface area contributed by atoms with Crippen molar-refractivity contribution in [1.82, 2.24) is 0 Å². The van der Waals surface area contributed by atoms with Gasteiger partial charge in [-0.2, -0.15) is 0 Å². The molecule has 1 saturated carbocycles. The molecule has 0 saturated heterocycles. The lowest BCUT2D eigenvalue weighted by atomic mass is 9.91. The van der Waals surface area contributed by atoms with Crippen LogP contribution in [0.25, 0.3) is 0 Å². The fourth-order valence-corrected chi connectivity index (χ4v) is 4.02. The van der Waals surface area contributed by atoms with Crippen molar-refractivity contribution in [3.8, 4) is 0 Å². The summed E-state index contributed by atoms with van der Waals surface area (Å²) in [7, 11) is 0. The highest BCUT2D eigenvalue weighted by atomic mass is 35.9. The summed E-state index contributed by atoms with van der Waals surface area (Å²) < 4.78 is 0. The zero-order valence-corrected chi connectivity index (χ0v) is 8.54. The predicted octanol–water partition coefficient (Wildman–Crippen LogP) is 3.93. The van der Waals surface area contributed by atoms with Gasteiger partial charge in [0.1, 0.15) is 5.80 Å². The normalized spacial score (nSPS) is 39.6. The van der Waals surface area contributed by atoms with Gasteiger partial charge in [0.05, 0.1) is 0 Å². The van der Waals surface area contributed by atoms with Crippen LogP contribution in [0.5, 0.6) is 0 Å². The van der Waals surface area contributed by atoms with Gasteiger partial charge in [0.25, 0.3) is 0 Å². The number of halogens is 2. The molecule has 2 aliphatic rings. The summed E-state index contributed by atoms with van der Waals surface area (Å²) in [5.41, 5.74) is 0.292. The van der Waals surface area contributed by atoms with E-state index in [-0.39, 0.29) is 0 Å². The lowest BCUT2D eigenvalue weighted by molar-refractivity contribution is 0.587. The maximum atomic E-state index is 5.79. The van der Waals surface area contributed by atoms with Gasteiger partial charge in [-0.05, 0) is 25.2 Å². The van der Waals surface area contributed by atoms with Crippen molar-refractivity contribution in [2.45, 2.75) is 19.3 Å². The summed E-state index contributed by atoms with van der Waals surface area (Å²) in [6, 6.07) is 0. The Morgan fingerprint density at radius 3 is 2.73 bits per heavy atom. The molecule has 0 aliphatic heterocycles. The van der Waals surface area contributed by atoms with E-state index in [1.165, 1.54) is 19.3 Å². The zero-order chi connectivity index (χ0) is 7.90. The molecule has 0 aromatic rings. The second-order valence-corrected chi connectivity index (χ2v) is 6.96. The summed E-state index contributed by atoms with van der Waals surface area (Å²) >= 11 is 11.6. The van der Waals surface area contributed by atoms with Gasteiger partial charge in [-0.15, -0.1) is 0 Å². The molecule has 0 nitrogen and oxygen atoms in total. The van der Waals surface area contributed by atoms with Crippen molar-refractivity contribution in [3.05, 3.63) is 12.2 Å². The molecule has 0 amide bonds. The lowest BCUT2D eigenvalue weighted by Gasteiger charge is -2.12. The summed E-state index contributed by atoms with van der Waals surface area (Å²) in [6.45, 7) is 0. The van der Waals surface area contributed by atoms with Gasteiger partial charge >= 0.3 is 6.25 Å². The minimum Gasteiger partial charge on any atom is -0.0844 e. The molecular formula is C8H10Cl2P+. The number of hydrogen-bond acceptors (Lipinski definition) is 0. The molecule has 2 atom stereocenters. The lowest BCUT2D eigenvalue weighted by Crippen LogP contribution is -2.11. The van der Waals surface area contributed by atoms with Crippen molar-refractivity contribution >= 4 is 34.5 Å². The molecule has 2 bridgehead atoms. The Labute approximate surface area is 77.5 Å². The molecule has 2 aliphatic carbocycles. The van der Waals surface area contributed by atoms with Crippen LogP contribution in [0.4, 0.5) is 0 Å². The minimum absolute atomic E-state index is 0.292. The van der Waals surface area contributed by atoms with Gasteiger partial charge in [0.2, 0.25) is 0 Å². The molecule has 3 heteroatoms. The topological polar surface area (TPSA) is 0 Å². The Morgan fingerprint density at radius 1 is 1.55 bits per heavy atom. The van der Waals surface area contributed by atoms with Gasteiger partial charge in [-0.3, -0.25) is 0 Å². The molecule has 60 valence electrons. The van der Waals surface area contributed by atoms with Crippen LogP contribution in [-0.4, -0.2) is 5.80 Å². The molecular weight excluding hydrogens is 198 g/mol. The molecule has 1 fully saturated rings. The van der Waals surface area contributed by atoms with Crippen LogP contribution in [0.1, 0.15) is 19.3 Å². The van der Waals surface area contributed by atoms with E-state index in [4.69, 9.17) is 22.5 Å². The highest BCUT2D eigenvalue weighted by Gasteiger charge is 2.42. The molecule has 2 rings (SSSR count). The van der Waals surface area contributed by atoms with Gasteiger partial charge in [-0.1, -0.05) is 12.2 Å². The summed E-state index contributed by atoms with van der Waals surface area (Å²) in [6.07, 6.45) is 7.57. The van der Waals surface area contributed by atoms with Crippen LogP contribution in [0.3, 0.4) is 0 Å². The molecule has 2 unspecified atom stereocenters. The van der Waals surface area contributed by atoms with E-state index >= 15 is 0 Å². The minimum atomic E-state index is -0.871. The first-order chi connectivity index (χ1) is 5.20. The van der Waals surface area contributed by atoms with Crippen molar-refractivity contribution < 1.29 is 0 Å². The second-order valence-electron chi connectivity index (χ2n) is 3.48. The highest BCUT2D eigenvalue weighted by molar-refractivity contribution is 8.02. The van der Waals surface area contributed by atoms with Crippen LogP contribution >= 0.6 is 28.7 Å². The first kappa shape index (κ1) is 8.10. The Morgan fingerprint density at radius 2 is 2.36 bits per heavy atom. The number of fused-ring (bicyclic) bond motifs is 2. The standard InChI is InChI=1S/C8H10Cl2P/c9-11(10)6-8-3-1-7(5-8)2-4-8/h1,3,6-7H,2,4-5H2/q+1. The summed E-state index contributed by atoms with van der Waals surface area (Å²) in [5, 5.41) is 0. The largest absolute Gasteiger partial charge is 0.320 e. The van der Waals surface area contributed by atoms with Crippen molar-refractivity contribution in [2.24, 2.45) is 11.3 Å². The molecule has 0 N–H and O–H groups in total. The highest BCUT2D eigenvalue weighted by Crippen LogP contribution is 2.51. The van der Waals surface area contributed by atoms with E-state index in [9.17, 15) is 0 Å². The SMILES string of the molecule is Cl[P+](Cl)=CC12C=CC(CC1)C2. The van der Waals surface area contributed by atoms with Gasteiger partial charge in [0.15, 0.2) is 22.5 Å². The number of hydrogen-bond donors (Lipinski definition) is 0. The number of rotatable bonds is 1. The maximum Gasteiger partial charge on any atom is 0.320 e. The molecule has 0 aromatic heterocycles. The molecule has 0 heterocycles. The monoisotopic (exact) mass is 207 g/mol. The number of allylic oxidation sites excluding steroid dienone is 2. The van der Waals surface area contributed by atoms with Gasteiger partial charge in [-0.25, -0.2) is 0 Å². The van der Waals surface area contributed by atoms with Crippen LogP contribution in [0, 0.1) is 11.3 Å². The molecule has 11 heavy (non-hydrogen) atoms. The van der Waals surface area contributed by atoms with E-state index in [1.807, 2.05) is 0 Å². The van der Waals surface area contributed by atoms with Crippen molar-refractivity contribution in [2.75, 3.05) is 0 Å². The Hall–Kier alpha value is 0.490. The first-order valence-electron chi connectivity index (χ1n) is 3.86. The average Bonchev–Trinajstić information content (AvgIpc) is 2.43. The van der Waals surface area contributed by atoms with Crippen LogP contribution in [-0.2, 0) is 0 Å². The van der Waals surface area contributed by atoms with Gasteiger partial charge < -0.3 is 0 Å². The van der Waals surface area contributed by atoms with E-state index < -0.39 is 6.25 Å². The Balaban J connectivity index is 2.24. The first-order valence-corrected chi connectivity index (χ1v) is 7.08. The zero-order valence-electron chi connectivity index (χ0n) is 6.13. The predicted molar refractivity (Wildman–Crippen MR) is 53.6 cm³/mol. The van der Waals surface area contributed by atoms with E-state index in [0.29, 0.717) is 5.41 Å². The third-order valence-electron chi connectivity index (χ3n) is 2.68. The van der Waals surface area contributed by atoms with E-state index in [0.717, 1.165) is 5.92 Å². The quantitative estimate of drug-likeness (QED) is 0.452. The Kier molecular flexibility index (Phi) is 2.04. The van der Waals surface area contributed by atoms with Crippen LogP contribution in [0.2, 0.25) is 0 Å². The molecule has 0 spiro atoms. The second kappa shape index (κ2) is 2.76. The summed E-state index contributed by atoms with van der Waals surface area (Å²) in [4.78, 5) is 0. The average molecular weight is 208 g/mol. The third-order valence-corrected chi connectivity index (χ3v) is 3.97. The third kappa shape index (κ3) is 1.49. The van der Waals surface area contributed by atoms with Crippen molar-refractivity contribution in [3.63, 3.8) is 0 Å². The smallest absolute Gasteiger partial charge is 0.0844 e. The van der Waals surface area contributed by atoms with E-state index in [2.05, 4.69) is 17.9 Å². The fraction of sp³-hybridized carbons (Fsp3) is 0.625. The van der Waals surface area contributed by atoms with Crippen molar-refractivity contribution in [1.29, 1.82) is 0 Å². The molecule has 0 aromatic carbocycles. The maximum absolute atomic E-state index is 5.79. The molecule has 0 radical (unpaired) electrons. The fourth-order valence-electron chi connectivity index (χ4n) is 2.14. The van der Waals surface area contributed by atoms with Gasteiger partial charge in [0, 0.05) is 5.41 Å².